The van der Waals surface area contributed by atoms with Gasteiger partial charge in [-0.15, -0.1) is 4.58 Å². The molecule has 0 unspecified atom stereocenters. The Morgan fingerprint density at radius 1 is 0.844 bits per heavy atom. The zero-order chi connectivity index (χ0) is 22.8. The van der Waals surface area contributed by atoms with Crippen LogP contribution in [0.4, 0.5) is 5.69 Å². The molecule has 0 fully saturated rings. The van der Waals surface area contributed by atoms with E-state index >= 15 is 0 Å². The molecule has 1 amide bonds. The van der Waals surface area contributed by atoms with Crippen LogP contribution in [0.15, 0.2) is 88.7 Å². The number of aromatic carboxylic acids is 1. The van der Waals surface area contributed by atoms with Gasteiger partial charge >= 0.3 is 11.9 Å². The number of carboxylic acids is 1. The van der Waals surface area contributed by atoms with E-state index in [1.165, 1.54) is 10.6 Å². The molecule has 0 aliphatic rings. The number of hydrogen-bond acceptors (Lipinski definition) is 3. The van der Waals surface area contributed by atoms with E-state index in [1.54, 1.807) is 42.1 Å². The molecule has 0 aliphatic carbocycles. The summed E-state index contributed by atoms with van der Waals surface area (Å²) in [6.07, 6.45) is 6.86. The molecule has 0 aliphatic heterocycles. The van der Waals surface area contributed by atoms with Crippen molar-refractivity contribution >= 4 is 35.5 Å². The Labute approximate surface area is 193 Å². The molecule has 0 aromatic heterocycles. The van der Waals surface area contributed by atoms with E-state index in [1.807, 2.05) is 48.7 Å². The molecule has 0 saturated heterocycles. The molecule has 3 aromatic rings. The molecule has 32 heavy (non-hydrogen) atoms. The second-order valence-electron chi connectivity index (χ2n) is 7.47. The lowest BCUT2D eigenvalue weighted by Crippen LogP contribution is -2.20. The first-order valence-corrected chi connectivity index (χ1v) is 11.7. The number of carbonyl (C=O) groups is 2. The lowest BCUT2D eigenvalue weighted by Gasteiger charge is -2.06. The number of nitrogens with zero attached hydrogens (tertiary/aromatic N) is 1. The third-order valence-corrected chi connectivity index (χ3v) is 6.08. The number of benzene rings is 3. The van der Waals surface area contributed by atoms with Gasteiger partial charge in [-0.25, -0.2) is 9.59 Å². The van der Waals surface area contributed by atoms with E-state index in [0.29, 0.717) is 17.7 Å². The highest BCUT2D eigenvalue weighted by Gasteiger charge is 2.27. The zero-order valence-corrected chi connectivity index (χ0v) is 19.1. The predicted molar refractivity (Wildman–Crippen MR) is 129 cm³/mol. The van der Waals surface area contributed by atoms with Crippen LogP contribution in [0.1, 0.15) is 59.7 Å². The van der Waals surface area contributed by atoms with Crippen molar-refractivity contribution in [2.75, 3.05) is 0 Å². The van der Waals surface area contributed by atoms with Crippen LogP contribution in [-0.4, -0.2) is 27.8 Å². The predicted octanol–water partition coefficient (Wildman–Crippen LogP) is 7.06. The van der Waals surface area contributed by atoms with Crippen LogP contribution in [0.25, 0.3) is 0 Å². The first-order chi connectivity index (χ1) is 15.6. The molecule has 164 valence electrons. The van der Waals surface area contributed by atoms with Crippen LogP contribution < -0.4 is 0 Å². The lowest BCUT2D eigenvalue weighted by atomic mass is 10.1. The minimum absolute atomic E-state index is 0.113. The molecule has 0 spiro atoms. The van der Waals surface area contributed by atoms with Crippen molar-refractivity contribution in [3.63, 3.8) is 0 Å². The van der Waals surface area contributed by atoms with Gasteiger partial charge < -0.3 is 5.11 Å². The van der Waals surface area contributed by atoms with Crippen molar-refractivity contribution in [1.29, 1.82) is 0 Å². The molecule has 4 nitrogen and oxygen atoms in total. The maximum Gasteiger partial charge on any atom is 0.424 e. The molecule has 0 radical (unpaired) electrons. The van der Waals surface area contributed by atoms with E-state index < -0.39 is 5.97 Å². The Bertz CT molecular complexity index is 1080. The van der Waals surface area contributed by atoms with Gasteiger partial charge in [-0.2, -0.15) is 0 Å². The fourth-order valence-corrected chi connectivity index (χ4v) is 4.21. The number of amides is 1. The third-order valence-electron chi connectivity index (χ3n) is 5.06. The number of para-hydroxylation sites is 1. The molecule has 5 heteroatoms. The summed E-state index contributed by atoms with van der Waals surface area (Å²) in [6.45, 7) is 2.16. The van der Waals surface area contributed by atoms with Gasteiger partial charge in [-0.3, -0.25) is 0 Å². The zero-order valence-electron chi connectivity index (χ0n) is 18.2. The van der Waals surface area contributed by atoms with E-state index in [2.05, 4.69) is 6.92 Å². The van der Waals surface area contributed by atoms with Gasteiger partial charge in [0.2, 0.25) is 5.69 Å². The van der Waals surface area contributed by atoms with Gasteiger partial charge in [0.15, 0.2) is 6.21 Å². The normalized spacial score (nSPS) is 11.3. The molecule has 3 rings (SSSR count). The van der Waals surface area contributed by atoms with Gasteiger partial charge in [0, 0.05) is 22.3 Å². The smallest absolute Gasteiger partial charge is 0.424 e. The van der Waals surface area contributed by atoms with Crippen molar-refractivity contribution in [3.8, 4) is 0 Å². The largest absolute Gasteiger partial charge is 0.477 e. The summed E-state index contributed by atoms with van der Waals surface area (Å²) in [5, 5.41) is 9.63. The second-order valence-corrected chi connectivity index (χ2v) is 8.62. The molecule has 0 heterocycles. The third kappa shape index (κ3) is 6.41. The van der Waals surface area contributed by atoms with Crippen molar-refractivity contribution in [2.45, 2.75) is 48.8 Å². The summed E-state index contributed by atoms with van der Waals surface area (Å²) >= 11 is 1.63. The van der Waals surface area contributed by atoms with Gasteiger partial charge in [0.1, 0.15) is 5.56 Å². The fourth-order valence-electron chi connectivity index (χ4n) is 3.38. The average Bonchev–Trinajstić information content (AvgIpc) is 2.82. The van der Waals surface area contributed by atoms with Gasteiger partial charge in [-0.05, 0) is 48.9 Å². The lowest BCUT2D eigenvalue weighted by molar-refractivity contribution is -0.331. The number of rotatable bonds is 10. The number of unbranched alkanes of at least 4 members (excludes halogenated alkanes) is 4. The topological polar surface area (TPSA) is 57.4 Å². The highest BCUT2D eigenvalue weighted by atomic mass is 32.2. The summed E-state index contributed by atoms with van der Waals surface area (Å²) in [5.41, 5.74) is 1.03. The molecule has 0 saturated carbocycles. The highest BCUT2D eigenvalue weighted by Crippen LogP contribution is 2.28. The molecular weight excluding hydrogens is 418 g/mol. The van der Waals surface area contributed by atoms with Gasteiger partial charge in [-0.1, -0.05) is 68.3 Å². The van der Waals surface area contributed by atoms with Crippen LogP contribution in [0, 0.1) is 0 Å². The van der Waals surface area contributed by atoms with Gasteiger partial charge in [0.25, 0.3) is 0 Å². The standard InChI is InChI=1S/C27H27NO3S/c1-2-3-4-5-11-20-28(25-15-10-9-14-24(25)27(30)31)26(29)21-16-18-23(19-17-21)32-22-12-7-6-8-13-22/h6-10,12-20H,2-5,11H2,1H3/p+1. The Hall–Kier alpha value is -3.18. The van der Waals surface area contributed by atoms with Crippen molar-refractivity contribution in [1.82, 2.24) is 0 Å². The van der Waals surface area contributed by atoms with Crippen molar-refractivity contribution in [3.05, 3.63) is 90.0 Å². The molecule has 3 aromatic carbocycles. The maximum absolute atomic E-state index is 13.4. The van der Waals surface area contributed by atoms with Crippen LogP contribution in [0.2, 0.25) is 0 Å². The average molecular weight is 447 g/mol. The Balaban J connectivity index is 1.86. The van der Waals surface area contributed by atoms with E-state index in [4.69, 9.17) is 0 Å². The number of carbonyl (C=O) groups excluding carboxylic acids is 1. The summed E-state index contributed by atoms with van der Waals surface area (Å²) in [7, 11) is 0. The second kappa shape index (κ2) is 12.0. The van der Waals surface area contributed by atoms with Crippen LogP contribution >= 0.6 is 11.8 Å². The van der Waals surface area contributed by atoms with E-state index in [9.17, 15) is 14.7 Å². The molecule has 1 N–H and O–H groups in total. The number of hydrogen-bond donors (Lipinski definition) is 1. The molecular formula is C27H28NO3S+. The quantitative estimate of drug-likeness (QED) is 0.206. The summed E-state index contributed by atoms with van der Waals surface area (Å²) < 4.78 is 1.49. The summed E-state index contributed by atoms with van der Waals surface area (Å²) in [4.78, 5) is 27.3. The van der Waals surface area contributed by atoms with E-state index in [-0.39, 0.29) is 11.5 Å². The van der Waals surface area contributed by atoms with Crippen LogP contribution in [0.3, 0.4) is 0 Å². The maximum atomic E-state index is 13.4. The Kier molecular flexibility index (Phi) is 8.81. The fraction of sp³-hybridized carbons (Fsp3) is 0.222. The molecule has 0 bridgehead atoms. The molecule has 0 atom stereocenters. The SMILES string of the molecule is CCCCCCC=[N+](C(=O)c1ccc(Sc2ccccc2)cc1)c1ccccc1C(=O)O. The van der Waals surface area contributed by atoms with Crippen molar-refractivity contribution in [2.24, 2.45) is 0 Å². The first-order valence-electron chi connectivity index (χ1n) is 10.9. The van der Waals surface area contributed by atoms with Crippen molar-refractivity contribution < 1.29 is 19.3 Å². The first kappa shape index (κ1) is 23.5. The Morgan fingerprint density at radius 3 is 2.19 bits per heavy atom. The summed E-state index contributed by atoms with van der Waals surface area (Å²) in [5.74, 6) is -1.28. The minimum Gasteiger partial charge on any atom is -0.477 e. The Morgan fingerprint density at radius 2 is 1.50 bits per heavy atom. The summed E-state index contributed by atoms with van der Waals surface area (Å²) in [6, 6.07) is 24.1. The van der Waals surface area contributed by atoms with Crippen LogP contribution in [-0.2, 0) is 0 Å². The van der Waals surface area contributed by atoms with E-state index in [0.717, 1.165) is 35.5 Å². The van der Waals surface area contributed by atoms with Gasteiger partial charge in [0.05, 0.1) is 5.56 Å². The van der Waals surface area contributed by atoms with Crippen LogP contribution in [0.5, 0.6) is 0 Å². The number of carboxylic acid groups (broad SMARTS) is 1. The monoisotopic (exact) mass is 446 g/mol. The highest BCUT2D eigenvalue weighted by molar-refractivity contribution is 7.99. The minimum atomic E-state index is -1.05.